The van der Waals surface area contributed by atoms with Crippen LogP contribution in [0.25, 0.3) is 0 Å². The molecule has 1 aromatic heterocycles. The van der Waals surface area contributed by atoms with Gasteiger partial charge in [-0.2, -0.15) is 0 Å². The number of nitrogens with zero attached hydrogens (tertiary/aromatic N) is 1. The van der Waals surface area contributed by atoms with Gasteiger partial charge in [-0.1, -0.05) is 23.7 Å². The zero-order valence-corrected chi connectivity index (χ0v) is 15.0. The van der Waals surface area contributed by atoms with Crippen molar-refractivity contribution in [2.45, 2.75) is 32.7 Å². The van der Waals surface area contributed by atoms with Crippen molar-refractivity contribution < 1.29 is 4.79 Å². The SMILES string of the molecule is Cc1c(Br)c(=O)c(C(=O)Nc2ccccc2Cl)c2n1CCCC2. The molecule has 1 aliphatic rings. The predicted octanol–water partition coefficient (Wildman–Crippen LogP) is 4.16. The van der Waals surface area contributed by atoms with E-state index in [1.54, 1.807) is 24.3 Å². The summed E-state index contributed by atoms with van der Waals surface area (Å²) < 4.78 is 2.52. The molecule has 6 heteroatoms. The van der Waals surface area contributed by atoms with Crippen LogP contribution in [0, 0.1) is 6.92 Å². The summed E-state index contributed by atoms with van der Waals surface area (Å²) in [6.45, 7) is 2.72. The summed E-state index contributed by atoms with van der Waals surface area (Å²) >= 11 is 9.43. The van der Waals surface area contributed by atoms with Gasteiger partial charge in [0.05, 0.1) is 15.2 Å². The number of hydrogen-bond donors (Lipinski definition) is 1. The van der Waals surface area contributed by atoms with Gasteiger partial charge in [0.25, 0.3) is 5.91 Å². The van der Waals surface area contributed by atoms with Crippen molar-refractivity contribution >= 4 is 39.1 Å². The number of halogens is 2. The lowest BCUT2D eigenvalue weighted by atomic mass is 10.0. The smallest absolute Gasteiger partial charge is 0.261 e. The number of para-hydroxylation sites is 1. The molecular weight excluding hydrogens is 380 g/mol. The van der Waals surface area contributed by atoms with Gasteiger partial charge in [0.1, 0.15) is 5.56 Å². The van der Waals surface area contributed by atoms with Crippen LogP contribution in [0.1, 0.15) is 34.6 Å². The van der Waals surface area contributed by atoms with Crippen LogP contribution in [0.4, 0.5) is 5.69 Å². The van der Waals surface area contributed by atoms with Crippen molar-refractivity contribution in [1.29, 1.82) is 0 Å². The van der Waals surface area contributed by atoms with Gasteiger partial charge in [-0.25, -0.2) is 0 Å². The summed E-state index contributed by atoms with van der Waals surface area (Å²) in [6.07, 6.45) is 2.76. The van der Waals surface area contributed by atoms with Gasteiger partial charge < -0.3 is 9.88 Å². The first-order valence-corrected chi connectivity index (χ1v) is 8.65. The fraction of sp³-hybridized carbons (Fsp3) is 0.294. The van der Waals surface area contributed by atoms with Gasteiger partial charge in [0.2, 0.25) is 5.43 Å². The van der Waals surface area contributed by atoms with Crippen LogP contribution in [-0.2, 0) is 13.0 Å². The molecule has 0 unspecified atom stereocenters. The molecule has 0 saturated heterocycles. The van der Waals surface area contributed by atoms with Gasteiger partial charge in [-0.15, -0.1) is 0 Å². The molecule has 1 amide bonds. The van der Waals surface area contributed by atoms with Crippen LogP contribution in [-0.4, -0.2) is 10.5 Å². The Hall–Kier alpha value is -1.59. The minimum atomic E-state index is -0.408. The minimum Gasteiger partial charge on any atom is -0.347 e. The predicted molar refractivity (Wildman–Crippen MR) is 95.5 cm³/mol. The first kappa shape index (κ1) is 16.3. The van der Waals surface area contributed by atoms with E-state index in [1.165, 1.54) is 0 Å². The van der Waals surface area contributed by atoms with E-state index >= 15 is 0 Å². The highest BCUT2D eigenvalue weighted by Crippen LogP contribution is 2.25. The van der Waals surface area contributed by atoms with E-state index in [1.807, 2.05) is 6.92 Å². The molecule has 0 spiro atoms. The maximum Gasteiger partial charge on any atom is 0.261 e. The average molecular weight is 396 g/mol. The highest BCUT2D eigenvalue weighted by molar-refractivity contribution is 9.10. The Labute approximate surface area is 147 Å². The molecule has 0 aliphatic carbocycles. The van der Waals surface area contributed by atoms with E-state index in [4.69, 9.17) is 11.6 Å². The van der Waals surface area contributed by atoms with Crippen molar-refractivity contribution in [3.05, 3.63) is 60.9 Å². The van der Waals surface area contributed by atoms with Crippen LogP contribution < -0.4 is 10.7 Å². The number of pyridine rings is 1. The van der Waals surface area contributed by atoms with Crippen LogP contribution >= 0.6 is 27.5 Å². The number of amides is 1. The zero-order valence-electron chi connectivity index (χ0n) is 12.7. The molecule has 1 aromatic carbocycles. The van der Waals surface area contributed by atoms with Gasteiger partial charge in [0.15, 0.2) is 0 Å². The topological polar surface area (TPSA) is 51.1 Å². The van der Waals surface area contributed by atoms with Crippen molar-refractivity contribution in [2.75, 3.05) is 5.32 Å². The fourth-order valence-electron chi connectivity index (χ4n) is 2.97. The Kier molecular flexibility index (Phi) is 4.60. The lowest BCUT2D eigenvalue weighted by Gasteiger charge is -2.25. The number of fused-ring (bicyclic) bond motifs is 1. The molecule has 3 rings (SSSR count). The summed E-state index contributed by atoms with van der Waals surface area (Å²) in [5.41, 5.74) is 2.14. The lowest BCUT2D eigenvalue weighted by Crippen LogP contribution is -2.31. The summed E-state index contributed by atoms with van der Waals surface area (Å²) in [6, 6.07) is 6.99. The molecule has 1 N–H and O–H groups in total. The number of benzene rings is 1. The molecule has 2 aromatic rings. The largest absolute Gasteiger partial charge is 0.347 e. The number of carbonyl (C=O) groups is 1. The quantitative estimate of drug-likeness (QED) is 0.830. The summed E-state index contributed by atoms with van der Waals surface area (Å²) in [5.74, 6) is -0.408. The number of rotatable bonds is 2. The van der Waals surface area contributed by atoms with Crippen LogP contribution in [0.15, 0.2) is 33.5 Å². The van der Waals surface area contributed by atoms with Crippen LogP contribution in [0.3, 0.4) is 0 Å². The number of hydrogen-bond acceptors (Lipinski definition) is 2. The highest BCUT2D eigenvalue weighted by atomic mass is 79.9. The first-order valence-electron chi connectivity index (χ1n) is 7.48. The minimum absolute atomic E-state index is 0.210. The number of anilines is 1. The fourth-order valence-corrected chi connectivity index (χ4v) is 3.56. The summed E-state index contributed by atoms with van der Waals surface area (Å²) in [7, 11) is 0. The molecule has 0 saturated carbocycles. The molecule has 0 radical (unpaired) electrons. The number of nitrogens with one attached hydrogen (secondary N) is 1. The van der Waals surface area contributed by atoms with Crippen LogP contribution in [0.5, 0.6) is 0 Å². The molecule has 0 fully saturated rings. The highest BCUT2D eigenvalue weighted by Gasteiger charge is 2.25. The molecule has 23 heavy (non-hydrogen) atoms. The van der Waals surface area contributed by atoms with Crippen molar-refractivity contribution in [2.24, 2.45) is 0 Å². The van der Waals surface area contributed by atoms with Crippen molar-refractivity contribution in [3.8, 4) is 0 Å². The molecule has 4 nitrogen and oxygen atoms in total. The Morgan fingerprint density at radius 2 is 2.04 bits per heavy atom. The second kappa shape index (κ2) is 6.49. The van der Waals surface area contributed by atoms with E-state index in [2.05, 4.69) is 25.8 Å². The van der Waals surface area contributed by atoms with Gasteiger partial charge in [-0.05, 0) is 54.2 Å². The Morgan fingerprint density at radius 1 is 1.30 bits per heavy atom. The molecule has 0 bridgehead atoms. The summed E-state index contributed by atoms with van der Waals surface area (Å²) in [5, 5.41) is 3.20. The third-order valence-electron chi connectivity index (χ3n) is 4.16. The van der Waals surface area contributed by atoms with E-state index in [-0.39, 0.29) is 11.0 Å². The lowest BCUT2D eigenvalue weighted by molar-refractivity contribution is 0.102. The second-order valence-corrected chi connectivity index (χ2v) is 6.79. The van der Waals surface area contributed by atoms with E-state index in [9.17, 15) is 9.59 Å². The normalized spacial score (nSPS) is 13.5. The van der Waals surface area contributed by atoms with E-state index in [0.717, 1.165) is 37.2 Å². The monoisotopic (exact) mass is 394 g/mol. The van der Waals surface area contributed by atoms with Crippen LogP contribution in [0.2, 0.25) is 5.02 Å². The summed E-state index contributed by atoms with van der Waals surface area (Å²) in [4.78, 5) is 25.3. The van der Waals surface area contributed by atoms with E-state index in [0.29, 0.717) is 15.2 Å². The number of aromatic nitrogens is 1. The standard InChI is InChI=1S/C17H16BrClN2O2/c1-10-15(18)16(22)14(13-8-4-5-9-21(10)13)17(23)20-12-7-3-2-6-11(12)19/h2-3,6-7H,4-5,8-9H2,1H3,(H,20,23). The Bertz CT molecular complexity index is 845. The second-order valence-electron chi connectivity index (χ2n) is 5.59. The molecule has 2 heterocycles. The van der Waals surface area contributed by atoms with Crippen molar-refractivity contribution in [1.82, 2.24) is 4.57 Å². The molecule has 0 atom stereocenters. The molecular formula is C17H16BrClN2O2. The van der Waals surface area contributed by atoms with E-state index < -0.39 is 5.91 Å². The third kappa shape index (κ3) is 2.95. The average Bonchev–Trinajstić information content (AvgIpc) is 2.55. The Balaban J connectivity index is 2.09. The Morgan fingerprint density at radius 3 is 2.78 bits per heavy atom. The van der Waals surface area contributed by atoms with Gasteiger partial charge in [0, 0.05) is 17.9 Å². The first-order chi connectivity index (χ1) is 11.0. The maximum absolute atomic E-state index is 12.7. The van der Waals surface area contributed by atoms with Gasteiger partial charge >= 0.3 is 0 Å². The zero-order chi connectivity index (χ0) is 16.6. The van der Waals surface area contributed by atoms with Gasteiger partial charge in [-0.3, -0.25) is 9.59 Å². The number of carbonyl (C=O) groups excluding carboxylic acids is 1. The molecule has 120 valence electrons. The third-order valence-corrected chi connectivity index (χ3v) is 5.42. The maximum atomic E-state index is 12.7. The van der Waals surface area contributed by atoms with Crippen molar-refractivity contribution in [3.63, 3.8) is 0 Å². The molecule has 1 aliphatic heterocycles.